The first-order valence-corrected chi connectivity index (χ1v) is 9.26. The van der Waals surface area contributed by atoms with Crippen LogP contribution >= 0.6 is 11.3 Å². The summed E-state index contributed by atoms with van der Waals surface area (Å²) < 4.78 is 5.67. The molecule has 134 valence electrons. The molecule has 0 aliphatic heterocycles. The Balaban J connectivity index is 1.46. The summed E-state index contributed by atoms with van der Waals surface area (Å²) in [5.41, 5.74) is 4.84. The Morgan fingerprint density at radius 1 is 1.04 bits per heavy atom. The summed E-state index contributed by atoms with van der Waals surface area (Å²) in [5.74, 6) is -0.0253. The van der Waals surface area contributed by atoms with Crippen LogP contribution in [0.2, 0.25) is 0 Å². The van der Waals surface area contributed by atoms with Crippen LogP contribution in [-0.4, -0.2) is 17.9 Å². The predicted octanol–water partition coefficient (Wildman–Crippen LogP) is 3.45. The summed E-state index contributed by atoms with van der Waals surface area (Å²) in [6.45, 7) is 1.64. The fraction of sp³-hybridized carbons (Fsp3) is 0.200. The quantitative estimate of drug-likeness (QED) is 0.655. The summed E-state index contributed by atoms with van der Waals surface area (Å²) in [6, 6.07) is 17.5. The Hall–Kier alpha value is -2.86. The van der Waals surface area contributed by atoms with Crippen molar-refractivity contribution in [1.82, 2.24) is 10.9 Å². The second-order valence-electron chi connectivity index (χ2n) is 5.89. The SMILES string of the molecule is CC(Oc1ccc2ccccc2c1)C(=O)NNC(=O)CCc1cccs1. The number of hydrazine groups is 1. The van der Waals surface area contributed by atoms with Crippen molar-refractivity contribution in [3.8, 4) is 5.75 Å². The number of amides is 2. The van der Waals surface area contributed by atoms with Gasteiger partial charge >= 0.3 is 0 Å². The van der Waals surface area contributed by atoms with E-state index in [9.17, 15) is 9.59 Å². The van der Waals surface area contributed by atoms with E-state index in [2.05, 4.69) is 10.9 Å². The van der Waals surface area contributed by atoms with Crippen LogP contribution < -0.4 is 15.6 Å². The number of benzene rings is 2. The fourth-order valence-electron chi connectivity index (χ4n) is 2.49. The Labute approximate surface area is 156 Å². The molecule has 0 aliphatic carbocycles. The molecule has 26 heavy (non-hydrogen) atoms. The zero-order valence-electron chi connectivity index (χ0n) is 14.4. The minimum Gasteiger partial charge on any atom is -0.481 e. The third-order valence-electron chi connectivity index (χ3n) is 3.91. The van der Waals surface area contributed by atoms with E-state index in [1.807, 2.05) is 60.0 Å². The van der Waals surface area contributed by atoms with Crippen LogP contribution in [0, 0.1) is 0 Å². The van der Waals surface area contributed by atoms with Crippen molar-refractivity contribution in [2.75, 3.05) is 0 Å². The highest BCUT2D eigenvalue weighted by molar-refractivity contribution is 7.09. The Kier molecular flexibility index (Phi) is 5.86. The van der Waals surface area contributed by atoms with Crippen LogP contribution in [0.15, 0.2) is 60.0 Å². The number of hydrogen-bond acceptors (Lipinski definition) is 4. The molecule has 0 fully saturated rings. The number of hydrogen-bond donors (Lipinski definition) is 2. The molecule has 0 radical (unpaired) electrons. The first kappa shape index (κ1) is 17.9. The maximum atomic E-state index is 12.1. The standard InChI is InChI=1S/C20H20N2O3S/c1-14(25-17-9-8-15-5-2-3-6-16(15)13-17)20(24)22-21-19(23)11-10-18-7-4-12-26-18/h2-9,12-14H,10-11H2,1H3,(H,21,23)(H,22,24). The molecule has 2 amide bonds. The van der Waals surface area contributed by atoms with Crippen molar-refractivity contribution in [1.29, 1.82) is 0 Å². The van der Waals surface area contributed by atoms with Gasteiger partial charge in [-0.25, -0.2) is 0 Å². The summed E-state index contributed by atoms with van der Waals surface area (Å²) in [6.07, 6.45) is 0.247. The number of carbonyl (C=O) groups is 2. The highest BCUT2D eigenvalue weighted by atomic mass is 32.1. The molecule has 5 nitrogen and oxygen atoms in total. The zero-order valence-corrected chi connectivity index (χ0v) is 15.2. The Bertz CT molecular complexity index is 893. The van der Waals surface area contributed by atoms with Gasteiger partial charge in [0.2, 0.25) is 5.91 Å². The summed E-state index contributed by atoms with van der Waals surface area (Å²) in [7, 11) is 0. The van der Waals surface area contributed by atoms with Crippen LogP contribution in [0.4, 0.5) is 0 Å². The van der Waals surface area contributed by atoms with E-state index in [0.717, 1.165) is 15.6 Å². The molecule has 2 aromatic carbocycles. The van der Waals surface area contributed by atoms with Crippen LogP contribution in [0.5, 0.6) is 5.75 Å². The molecule has 6 heteroatoms. The van der Waals surface area contributed by atoms with E-state index < -0.39 is 12.0 Å². The Morgan fingerprint density at radius 2 is 1.85 bits per heavy atom. The molecular formula is C20H20N2O3S. The minimum absolute atomic E-state index is 0.232. The van der Waals surface area contributed by atoms with Crippen molar-refractivity contribution in [2.45, 2.75) is 25.9 Å². The smallest absolute Gasteiger partial charge is 0.279 e. The van der Waals surface area contributed by atoms with Crippen molar-refractivity contribution in [2.24, 2.45) is 0 Å². The van der Waals surface area contributed by atoms with Crippen LogP contribution in [-0.2, 0) is 16.0 Å². The third kappa shape index (κ3) is 4.83. The van der Waals surface area contributed by atoms with Crippen LogP contribution in [0.25, 0.3) is 10.8 Å². The first-order valence-electron chi connectivity index (χ1n) is 8.38. The van der Waals surface area contributed by atoms with Gasteiger partial charge in [0.1, 0.15) is 5.75 Å². The topological polar surface area (TPSA) is 67.4 Å². The molecule has 1 atom stereocenters. The normalized spacial score (nSPS) is 11.7. The molecule has 0 spiro atoms. The zero-order chi connectivity index (χ0) is 18.4. The van der Waals surface area contributed by atoms with Crippen molar-refractivity contribution >= 4 is 33.9 Å². The van der Waals surface area contributed by atoms with E-state index >= 15 is 0 Å². The fourth-order valence-corrected chi connectivity index (χ4v) is 3.19. The molecular weight excluding hydrogens is 348 g/mol. The lowest BCUT2D eigenvalue weighted by Crippen LogP contribution is -2.47. The molecule has 0 saturated carbocycles. The van der Waals surface area contributed by atoms with Gasteiger partial charge in [-0.1, -0.05) is 36.4 Å². The lowest BCUT2D eigenvalue weighted by Gasteiger charge is -2.15. The second-order valence-corrected chi connectivity index (χ2v) is 6.92. The molecule has 1 heterocycles. The van der Waals surface area contributed by atoms with Gasteiger partial charge in [0.05, 0.1) is 0 Å². The summed E-state index contributed by atoms with van der Waals surface area (Å²) >= 11 is 1.61. The lowest BCUT2D eigenvalue weighted by molar-refractivity contribution is -0.132. The number of aryl methyl sites for hydroxylation is 1. The van der Waals surface area contributed by atoms with Gasteiger partial charge in [0.15, 0.2) is 6.10 Å². The number of thiophene rings is 1. The molecule has 1 unspecified atom stereocenters. The predicted molar refractivity (Wildman–Crippen MR) is 103 cm³/mol. The first-order chi connectivity index (χ1) is 12.6. The number of rotatable bonds is 6. The number of fused-ring (bicyclic) bond motifs is 1. The van der Waals surface area contributed by atoms with E-state index in [-0.39, 0.29) is 5.91 Å². The van der Waals surface area contributed by atoms with Crippen molar-refractivity contribution in [3.05, 3.63) is 64.9 Å². The largest absolute Gasteiger partial charge is 0.481 e. The van der Waals surface area contributed by atoms with Gasteiger partial charge in [-0.15, -0.1) is 11.3 Å². The van der Waals surface area contributed by atoms with Gasteiger partial charge in [0.25, 0.3) is 5.91 Å². The van der Waals surface area contributed by atoms with E-state index in [1.54, 1.807) is 18.3 Å². The Morgan fingerprint density at radius 3 is 2.62 bits per heavy atom. The molecule has 2 N–H and O–H groups in total. The summed E-state index contributed by atoms with van der Waals surface area (Å²) in [4.78, 5) is 25.0. The molecule has 0 bridgehead atoms. The highest BCUT2D eigenvalue weighted by Crippen LogP contribution is 2.21. The maximum Gasteiger partial charge on any atom is 0.279 e. The van der Waals surface area contributed by atoms with Gasteiger partial charge in [0, 0.05) is 11.3 Å². The van der Waals surface area contributed by atoms with Gasteiger partial charge < -0.3 is 4.74 Å². The number of nitrogens with one attached hydrogen (secondary N) is 2. The van der Waals surface area contributed by atoms with Crippen LogP contribution in [0.3, 0.4) is 0 Å². The molecule has 1 aromatic heterocycles. The summed E-state index contributed by atoms with van der Waals surface area (Å²) in [5, 5.41) is 4.12. The minimum atomic E-state index is -0.728. The highest BCUT2D eigenvalue weighted by Gasteiger charge is 2.15. The maximum absolute atomic E-state index is 12.1. The van der Waals surface area contributed by atoms with E-state index in [1.165, 1.54) is 0 Å². The average Bonchev–Trinajstić information content (AvgIpc) is 3.18. The third-order valence-corrected chi connectivity index (χ3v) is 4.84. The molecule has 3 aromatic rings. The molecule has 0 aliphatic rings. The number of ether oxygens (including phenoxy) is 1. The van der Waals surface area contributed by atoms with Gasteiger partial charge in [-0.3, -0.25) is 20.4 Å². The van der Waals surface area contributed by atoms with E-state index in [0.29, 0.717) is 18.6 Å². The molecule has 3 rings (SSSR count). The van der Waals surface area contributed by atoms with Crippen molar-refractivity contribution < 1.29 is 14.3 Å². The monoisotopic (exact) mass is 368 g/mol. The molecule has 0 saturated heterocycles. The van der Waals surface area contributed by atoms with Crippen molar-refractivity contribution in [3.63, 3.8) is 0 Å². The van der Waals surface area contributed by atoms with Gasteiger partial charge in [-0.2, -0.15) is 0 Å². The average molecular weight is 368 g/mol. The van der Waals surface area contributed by atoms with E-state index in [4.69, 9.17) is 4.74 Å². The van der Waals surface area contributed by atoms with Crippen LogP contribution in [0.1, 0.15) is 18.2 Å². The second kappa shape index (κ2) is 8.49. The number of carbonyl (C=O) groups excluding carboxylic acids is 2. The lowest BCUT2D eigenvalue weighted by atomic mass is 10.1. The van der Waals surface area contributed by atoms with Gasteiger partial charge in [-0.05, 0) is 47.7 Å².